The van der Waals surface area contributed by atoms with Gasteiger partial charge in [0.2, 0.25) is 5.91 Å². The lowest BCUT2D eigenvalue weighted by atomic mass is 9.96. The molecule has 0 fully saturated rings. The van der Waals surface area contributed by atoms with Crippen molar-refractivity contribution in [3.05, 3.63) is 39.9 Å². The number of benzene rings is 1. The second kappa shape index (κ2) is 9.08. The van der Waals surface area contributed by atoms with Gasteiger partial charge in [-0.05, 0) is 29.7 Å². The molecule has 1 atom stereocenters. The molecule has 0 heterocycles. The van der Waals surface area contributed by atoms with Crippen molar-refractivity contribution in [2.24, 2.45) is 5.92 Å². The molecule has 1 rings (SSSR count). The number of hydrogen-bond acceptors (Lipinski definition) is 2. The van der Waals surface area contributed by atoms with E-state index in [2.05, 4.69) is 5.32 Å². The Kier molecular flexibility index (Phi) is 7.79. The maximum atomic E-state index is 11.7. The van der Waals surface area contributed by atoms with E-state index in [1.165, 1.54) is 6.08 Å². The number of hydrogen-bond donors (Lipinski definition) is 2. The normalized spacial score (nSPS) is 12.9. The van der Waals surface area contributed by atoms with E-state index < -0.39 is 6.10 Å². The molecule has 5 heteroatoms. The van der Waals surface area contributed by atoms with Gasteiger partial charge in [-0.25, -0.2) is 0 Å². The SMILES string of the molecule is CCC(CC)C(O)CNC(=O)/C=C/c1ccc(Cl)c(Cl)c1. The fourth-order valence-corrected chi connectivity index (χ4v) is 2.36. The molecule has 0 bridgehead atoms. The Morgan fingerprint density at radius 3 is 2.52 bits per heavy atom. The van der Waals surface area contributed by atoms with Gasteiger partial charge >= 0.3 is 0 Å². The van der Waals surface area contributed by atoms with Crippen LogP contribution in [0.5, 0.6) is 0 Å². The zero-order valence-electron chi connectivity index (χ0n) is 12.3. The van der Waals surface area contributed by atoms with Crippen molar-refractivity contribution in [3.8, 4) is 0 Å². The van der Waals surface area contributed by atoms with Gasteiger partial charge in [0.1, 0.15) is 0 Å². The van der Waals surface area contributed by atoms with Gasteiger partial charge in [0.05, 0.1) is 16.1 Å². The third-order valence-corrected chi connectivity index (χ3v) is 4.19. The highest BCUT2D eigenvalue weighted by Crippen LogP contribution is 2.23. The van der Waals surface area contributed by atoms with E-state index in [0.717, 1.165) is 18.4 Å². The molecule has 0 radical (unpaired) electrons. The number of rotatable bonds is 7. The smallest absolute Gasteiger partial charge is 0.244 e. The molecule has 0 aliphatic carbocycles. The number of halogens is 2. The van der Waals surface area contributed by atoms with E-state index in [-0.39, 0.29) is 18.4 Å². The zero-order valence-corrected chi connectivity index (χ0v) is 13.8. The van der Waals surface area contributed by atoms with Gasteiger partial charge in [0.15, 0.2) is 0 Å². The maximum Gasteiger partial charge on any atom is 0.244 e. The topological polar surface area (TPSA) is 49.3 Å². The summed E-state index contributed by atoms with van der Waals surface area (Å²) in [5.41, 5.74) is 0.792. The van der Waals surface area contributed by atoms with Crippen LogP contribution in [0.1, 0.15) is 32.3 Å². The van der Waals surface area contributed by atoms with E-state index in [4.69, 9.17) is 23.2 Å². The Balaban J connectivity index is 2.49. The standard InChI is InChI=1S/C16H21Cl2NO2/c1-3-12(4-2)15(20)10-19-16(21)8-6-11-5-7-13(17)14(18)9-11/h5-9,12,15,20H,3-4,10H2,1-2H3,(H,19,21)/b8-6+. The van der Waals surface area contributed by atoms with Gasteiger partial charge < -0.3 is 10.4 Å². The molecular weight excluding hydrogens is 309 g/mol. The van der Waals surface area contributed by atoms with Gasteiger partial charge in [-0.3, -0.25) is 4.79 Å². The van der Waals surface area contributed by atoms with E-state index in [1.807, 2.05) is 13.8 Å². The quantitative estimate of drug-likeness (QED) is 0.745. The van der Waals surface area contributed by atoms with E-state index in [9.17, 15) is 9.90 Å². The summed E-state index contributed by atoms with van der Waals surface area (Å²) >= 11 is 11.7. The van der Waals surface area contributed by atoms with Crippen LogP contribution >= 0.6 is 23.2 Å². The average Bonchev–Trinajstić information content (AvgIpc) is 2.47. The Morgan fingerprint density at radius 2 is 1.95 bits per heavy atom. The maximum absolute atomic E-state index is 11.7. The summed E-state index contributed by atoms with van der Waals surface area (Å²) < 4.78 is 0. The van der Waals surface area contributed by atoms with Crippen molar-refractivity contribution in [2.75, 3.05) is 6.54 Å². The van der Waals surface area contributed by atoms with Crippen molar-refractivity contribution >= 4 is 35.2 Å². The van der Waals surface area contributed by atoms with Gasteiger partial charge in [0.25, 0.3) is 0 Å². The van der Waals surface area contributed by atoms with Crippen LogP contribution in [-0.2, 0) is 4.79 Å². The van der Waals surface area contributed by atoms with Crippen molar-refractivity contribution in [1.82, 2.24) is 5.32 Å². The van der Waals surface area contributed by atoms with E-state index in [1.54, 1.807) is 24.3 Å². The fraction of sp³-hybridized carbons (Fsp3) is 0.438. The highest BCUT2D eigenvalue weighted by atomic mass is 35.5. The van der Waals surface area contributed by atoms with Crippen LogP contribution < -0.4 is 5.32 Å². The van der Waals surface area contributed by atoms with Crippen LogP contribution in [0.25, 0.3) is 6.08 Å². The molecule has 0 saturated heterocycles. The Bertz CT molecular complexity index is 499. The Morgan fingerprint density at radius 1 is 1.29 bits per heavy atom. The predicted molar refractivity (Wildman–Crippen MR) is 88.6 cm³/mol. The average molecular weight is 330 g/mol. The fourth-order valence-electron chi connectivity index (χ4n) is 2.05. The highest BCUT2D eigenvalue weighted by Gasteiger charge is 2.15. The zero-order chi connectivity index (χ0) is 15.8. The van der Waals surface area contributed by atoms with Crippen molar-refractivity contribution in [3.63, 3.8) is 0 Å². The molecule has 0 aliphatic rings. The number of carbonyl (C=O) groups excluding carboxylic acids is 1. The summed E-state index contributed by atoms with van der Waals surface area (Å²) in [6.07, 6.45) is 4.35. The Hall–Kier alpha value is -1.03. The molecule has 0 saturated carbocycles. The lowest BCUT2D eigenvalue weighted by molar-refractivity contribution is -0.117. The number of carbonyl (C=O) groups is 1. The second-order valence-corrected chi connectivity index (χ2v) is 5.71. The highest BCUT2D eigenvalue weighted by molar-refractivity contribution is 6.42. The summed E-state index contributed by atoms with van der Waals surface area (Å²) in [4.78, 5) is 11.7. The van der Waals surface area contributed by atoms with Gasteiger partial charge in [-0.15, -0.1) is 0 Å². The molecular formula is C16H21Cl2NO2. The number of amides is 1. The number of aliphatic hydroxyl groups is 1. The summed E-state index contributed by atoms with van der Waals surface area (Å²) in [7, 11) is 0. The molecule has 2 N–H and O–H groups in total. The lowest BCUT2D eigenvalue weighted by Gasteiger charge is -2.19. The summed E-state index contributed by atoms with van der Waals surface area (Å²) in [5.74, 6) is -0.0320. The van der Waals surface area contributed by atoms with Crippen LogP contribution in [-0.4, -0.2) is 23.7 Å². The molecule has 116 valence electrons. The molecule has 0 spiro atoms. The van der Waals surface area contributed by atoms with Crippen LogP contribution in [0.2, 0.25) is 10.0 Å². The third-order valence-electron chi connectivity index (χ3n) is 3.45. The predicted octanol–water partition coefficient (Wildman–Crippen LogP) is 3.92. The lowest BCUT2D eigenvalue weighted by Crippen LogP contribution is -2.35. The van der Waals surface area contributed by atoms with E-state index in [0.29, 0.717) is 10.0 Å². The van der Waals surface area contributed by atoms with Crippen molar-refractivity contribution in [1.29, 1.82) is 0 Å². The molecule has 3 nitrogen and oxygen atoms in total. The number of aliphatic hydroxyl groups excluding tert-OH is 1. The first-order chi connectivity index (χ1) is 9.97. The Labute approximate surface area is 136 Å². The summed E-state index contributed by atoms with van der Waals surface area (Å²) in [5, 5.41) is 13.6. The first kappa shape index (κ1) is 18.0. The minimum Gasteiger partial charge on any atom is -0.391 e. The first-order valence-corrected chi connectivity index (χ1v) is 7.82. The molecule has 21 heavy (non-hydrogen) atoms. The molecule has 0 aliphatic heterocycles. The molecule has 0 aromatic heterocycles. The summed E-state index contributed by atoms with van der Waals surface area (Å²) in [6, 6.07) is 5.14. The minimum atomic E-state index is -0.512. The number of nitrogens with one attached hydrogen (secondary N) is 1. The van der Waals surface area contributed by atoms with Crippen molar-refractivity contribution < 1.29 is 9.90 Å². The third kappa shape index (κ3) is 6.08. The molecule has 1 aromatic rings. The van der Waals surface area contributed by atoms with Crippen LogP contribution in [0, 0.1) is 5.92 Å². The van der Waals surface area contributed by atoms with Crippen molar-refractivity contribution in [2.45, 2.75) is 32.8 Å². The van der Waals surface area contributed by atoms with Crippen LogP contribution in [0.15, 0.2) is 24.3 Å². The first-order valence-electron chi connectivity index (χ1n) is 7.06. The second-order valence-electron chi connectivity index (χ2n) is 4.90. The summed E-state index contributed by atoms with van der Waals surface area (Å²) in [6.45, 7) is 4.32. The van der Waals surface area contributed by atoms with Gasteiger partial charge in [-0.2, -0.15) is 0 Å². The molecule has 1 amide bonds. The van der Waals surface area contributed by atoms with Gasteiger partial charge in [0, 0.05) is 12.6 Å². The monoisotopic (exact) mass is 329 g/mol. The van der Waals surface area contributed by atoms with Crippen LogP contribution in [0.4, 0.5) is 0 Å². The van der Waals surface area contributed by atoms with Gasteiger partial charge in [-0.1, -0.05) is 56.0 Å². The molecule has 1 aromatic carbocycles. The largest absolute Gasteiger partial charge is 0.391 e. The van der Waals surface area contributed by atoms with E-state index >= 15 is 0 Å². The molecule has 1 unspecified atom stereocenters. The van der Waals surface area contributed by atoms with Crippen LogP contribution in [0.3, 0.4) is 0 Å². The minimum absolute atomic E-state index is 0.212.